The highest BCUT2D eigenvalue weighted by molar-refractivity contribution is 7.99. The lowest BCUT2D eigenvalue weighted by Gasteiger charge is -2.02. The second-order valence-corrected chi connectivity index (χ2v) is 6.07. The minimum atomic E-state index is 0.393. The number of rotatable bonds is 3. The molecule has 3 rings (SSSR count). The van der Waals surface area contributed by atoms with Gasteiger partial charge in [-0.2, -0.15) is 0 Å². The minimum Gasteiger partial charge on any atom is -0.292 e. The van der Waals surface area contributed by atoms with Gasteiger partial charge in [-0.1, -0.05) is 0 Å². The topological polar surface area (TPSA) is 105 Å². The van der Waals surface area contributed by atoms with Crippen molar-refractivity contribution < 1.29 is 0 Å². The number of nitrogens with two attached hydrogens (primary N) is 1. The van der Waals surface area contributed by atoms with Crippen LogP contribution < -0.4 is 11.3 Å². The van der Waals surface area contributed by atoms with Crippen molar-refractivity contribution in [1.82, 2.24) is 25.1 Å². The molecule has 0 bridgehead atoms. The highest BCUT2D eigenvalue weighted by Gasteiger charge is 2.13. The van der Waals surface area contributed by atoms with E-state index in [9.17, 15) is 0 Å². The molecule has 0 aromatic carbocycles. The molecular formula is C10H11N7S2. The third-order valence-corrected chi connectivity index (χ3v) is 4.19. The second-order valence-electron chi connectivity index (χ2n) is 3.88. The van der Waals surface area contributed by atoms with E-state index in [1.165, 1.54) is 16.6 Å². The summed E-state index contributed by atoms with van der Waals surface area (Å²) in [4.78, 5) is 15.0. The summed E-state index contributed by atoms with van der Waals surface area (Å²) in [6.45, 7) is 3.89. The summed E-state index contributed by atoms with van der Waals surface area (Å²) in [5.41, 5.74) is 2.48. The van der Waals surface area contributed by atoms with Crippen molar-refractivity contribution in [2.45, 2.75) is 24.0 Å². The van der Waals surface area contributed by atoms with Gasteiger partial charge in [0.25, 0.3) is 0 Å². The Morgan fingerprint density at radius 2 is 2.16 bits per heavy atom. The lowest BCUT2D eigenvalue weighted by molar-refractivity contribution is 0.964. The van der Waals surface area contributed by atoms with Crippen molar-refractivity contribution in [3.8, 4) is 0 Å². The Morgan fingerprint density at radius 1 is 1.32 bits per heavy atom. The quantitative estimate of drug-likeness (QED) is 0.384. The number of aryl methyl sites for hydroxylation is 2. The van der Waals surface area contributed by atoms with Crippen LogP contribution in [0.25, 0.3) is 10.2 Å². The summed E-state index contributed by atoms with van der Waals surface area (Å²) in [5.74, 6) is 6.56. The second kappa shape index (κ2) is 4.76. The summed E-state index contributed by atoms with van der Waals surface area (Å²) in [7, 11) is 0. The number of aromatic nitrogens is 5. The van der Waals surface area contributed by atoms with E-state index in [1.54, 1.807) is 11.3 Å². The molecule has 19 heavy (non-hydrogen) atoms. The van der Waals surface area contributed by atoms with Crippen LogP contribution in [0.3, 0.4) is 0 Å². The van der Waals surface area contributed by atoms with Crippen molar-refractivity contribution in [2.24, 2.45) is 5.84 Å². The van der Waals surface area contributed by atoms with E-state index in [1.807, 2.05) is 13.8 Å². The SMILES string of the molecule is Cc1nc(Sc2nc(NN)nc3sc(C)cc23)n[nH]1. The summed E-state index contributed by atoms with van der Waals surface area (Å²) in [6.07, 6.45) is 0. The van der Waals surface area contributed by atoms with Crippen LogP contribution in [0.4, 0.5) is 5.95 Å². The van der Waals surface area contributed by atoms with Gasteiger partial charge in [-0.25, -0.2) is 20.8 Å². The molecule has 3 heterocycles. The van der Waals surface area contributed by atoms with E-state index in [0.717, 1.165) is 21.1 Å². The Hall–Kier alpha value is -1.71. The van der Waals surface area contributed by atoms with Gasteiger partial charge in [0.2, 0.25) is 11.1 Å². The smallest absolute Gasteiger partial charge is 0.239 e. The molecule has 4 N–H and O–H groups in total. The largest absolute Gasteiger partial charge is 0.292 e. The van der Waals surface area contributed by atoms with Gasteiger partial charge in [-0.3, -0.25) is 10.5 Å². The first-order valence-electron chi connectivity index (χ1n) is 5.47. The molecule has 0 radical (unpaired) electrons. The van der Waals surface area contributed by atoms with Gasteiger partial charge in [-0.05, 0) is 31.7 Å². The Labute approximate surface area is 117 Å². The predicted octanol–water partition coefficient (Wildman–Crippen LogP) is 1.86. The van der Waals surface area contributed by atoms with Crippen LogP contribution in [0.2, 0.25) is 0 Å². The standard InChI is InChI=1S/C10H11N7S2/c1-4-3-6-7(18-4)13-9(15-11)14-8(6)19-10-12-5(2)16-17-10/h3H,11H2,1-2H3,(H,12,16,17)(H,13,14,15). The number of aromatic amines is 1. The van der Waals surface area contributed by atoms with E-state index in [0.29, 0.717) is 11.1 Å². The molecule has 0 unspecified atom stereocenters. The number of H-pyrrole nitrogens is 1. The summed E-state index contributed by atoms with van der Waals surface area (Å²) in [6, 6.07) is 2.06. The fourth-order valence-electron chi connectivity index (χ4n) is 1.61. The van der Waals surface area contributed by atoms with Crippen molar-refractivity contribution >= 4 is 39.3 Å². The number of fused-ring (bicyclic) bond motifs is 1. The number of hydrogen-bond donors (Lipinski definition) is 3. The van der Waals surface area contributed by atoms with Gasteiger partial charge in [0.05, 0.1) is 0 Å². The Bertz CT molecular complexity index is 733. The van der Waals surface area contributed by atoms with Crippen LogP contribution in [0, 0.1) is 13.8 Å². The van der Waals surface area contributed by atoms with E-state index in [2.05, 4.69) is 36.6 Å². The van der Waals surface area contributed by atoms with E-state index in [4.69, 9.17) is 5.84 Å². The number of nitrogens with zero attached hydrogens (tertiary/aromatic N) is 4. The Kier molecular flexibility index (Phi) is 3.09. The van der Waals surface area contributed by atoms with Gasteiger partial charge in [0.15, 0.2) is 0 Å². The molecule has 0 aliphatic rings. The van der Waals surface area contributed by atoms with Crippen LogP contribution in [0.5, 0.6) is 0 Å². The lowest BCUT2D eigenvalue weighted by Crippen LogP contribution is -2.10. The number of anilines is 1. The van der Waals surface area contributed by atoms with Crippen molar-refractivity contribution in [3.05, 3.63) is 16.8 Å². The molecule has 0 saturated carbocycles. The van der Waals surface area contributed by atoms with Crippen LogP contribution in [-0.2, 0) is 0 Å². The number of nitrogens with one attached hydrogen (secondary N) is 2. The fraction of sp³-hybridized carbons (Fsp3) is 0.200. The van der Waals surface area contributed by atoms with Gasteiger partial charge < -0.3 is 0 Å². The fourth-order valence-corrected chi connectivity index (χ4v) is 3.40. The van der Waals surface area contributed by atoms with Crippen molar-refractivity contribution in [3.63, 3.8) is 0 Å². The van der Waals surface area contributed by atoms with Crippen molar-refractivity contribution in [1.29, 1.82) is 0 Å². The zero-order valence-electron chi connectivity index (χ0n) is 10.3. The van der Waals surface area contributed by atoms with Gasteiger partial charge in [-0.15, -0.1) is 16.4 Å². The molecule has 0 fully saturated rings. The van der Waals surface area contributed by atoms with Gasteiger partial charge >= 0.3 is 0 Å². The van der Waals surface area contributed by atoms with Crippen molar-refractivity contribution in [2.75, 3.05) is 5.43 Å². The van der Waals surface area contributed by atoms with Crippen LogP contribution in [-0.4, -0.2) is 25.1 Å². The molecule has 0 spiro atoms. The highest BCUT2D eigenvalue weighted by Crippen LogP contribution is 2.34. The molecule has 3 aromatic rings. The maximum atomic E-state index is 5.40. The zero-order chi connectivity index (χ0) is 13.4. The molecule has 0 atom stereocenters. The molecule has 9 heteroatoms. The highest BCUT2D eigenvalue weighted by atomic mass is 32.2. The summed E-state index contributed by atoms with van der Waals surface area (Å²) >= 11 is 2.99. The van der Waals surface area contributed by atoms with Gasteiger partial charge in [0, 0.05) is 10.3 Å². The number of hydrogen-bond acceptors (Lipinski definition) is 8. The Morgan fingerprint density at radius 3 is 2.84 bits per heavy atom. The van der Waals surface area contributed by atoms with E-state index in [-0.39, 0.29) is 0 Å². The number of thiophene rings is 1. The average molecular weight is 293 g/mol. The Balaban J connectivity index is 2.09. The first-order valence-corrected chi connectivity index (χ1v) is 7.10. The minimum absolute atomic E-state index is 0.393. The summed E-state index contributed by atoms with van der Waals surface area (Å²) < 4.78 is 0. The number of nitrogen functional groups attached to an aromatic ring is 1. The van der Waals surface area contributed by atoms with Crippen LogP contribution in [0.1, 0.15) is 10.7 Å². The predicted molar refractivity (Wildman–Crippen MR) is 75.2 cm³/mol. The normalized spacial score (nSPS) is 11.1. The van der Waals surface area contributed by atoms with E-state index >= 15 is 0 Å². The molecule has 0 amide bonds. The molecule has 3 aromatic heterocycles. The average Bonchev–Trinajstić information content (AvgIpc) is 2.94. The molecule has 0 saturated heterocycles. The zero-order valence-corrected chi connectivity index (χ0v) is 11.9. The molecule has 7 nitrogen and oxygen atoms in total. The third-order valence-electron chi connectivity index (χ3n) is 2.37. The monoisotopic (exact) mass is 293 g/mol. The maximum absolute atomic E-state index is 5.40. The first-order chi connectivity index (χ1) is 9.15. The van der Waals surface area contributed by atoms with E-state index < -0.39 is 0 Å². The third kappa shape index (κ3) is 2.39. The van der Waals surface area contributed by atoms with Gasteiger partial charge in [0.1, 0.15) is 15.7 Å². The summed E-state index contributed by atoms with van der Waals surface area (Å²) in [5, 5.41) is 9.32. The molecule has 0 aliphatic heterocycles. The number of hydrazine groups is 1. The lowest BCUT2D eigenvalue weighted by atomic mass is 10.4. The van der Waals surface area contributed by atoms with Crippen LogP contribution >= 0.6 is 23.1 Å². The molecule has 0 aliphatic carbocycles. The maximum Gasteiger partial charge on any atom is 0.239 e. The first kappa shape index (κ1) is 12.3. The molecular weight excluding hydrogens is 282 g/mol. The van der Waals surface area contributed by atoms with Crippen LogP contribution in [0.15, 0.2) is 16.2 Å². The molecule has 98 valence electrons.